The van der Waals surface area contributed by atoms with Crippen molar-refractivity contribution in [2.75, 3.05) is 13.2 Å². The van der Waals surface area contributed by atoms with Crippen LogP contribution >= 0.6 is 0 Å². The molecule has 1 N–H and O–H groups in total. The van der Waals surface area contributed by atoms with E-state index in [9.17, 15) is 4.79 Å². The van der Waals surface area contributed by atoms with Gasteiger partial charge in [-0.3, -0.25) is 0 Å². The van der Waals surface area contributed by atoms with E-state index in [1.54, 1.807) is 0 Å². The van der Waals surface area contributed by atoms with Gasteiger partial charge in [0.25, 0.3) is 0 Å². The number of fused-ring (bicyclic) bond motifs is 5. The van der Waals surface area contributed by atoms with E-state index in [4.69, 9.17) is 9.84 Å². The van der Waals surface area contributed by atoms with Gasteiger partial charge in [0, 0.05) is 0 Å². The van der Waals surface area contributed by atoms with Crippen LogP contribution in [0.25, 0.3) is 0 Å². The molecule has 0 amide bonds. The average Bonchev–Trinajstić information content (AvgIpc) is 3.23. The molecule has 3 nitrogen and oxygen atoms in total. The first-order chi connectivity index (χ1) is 17.6. The molecule has 4 fully saturated rings. The highest BCUT2D eigenvalue weighted by Gasteiger charge is 2.60. The Morgan fingerprint density at radius 2 is 1.68 bits per heavy atom. The predicted octanol–water partition coefficient (Wildman–Crippen LogP) is 8.60. The van der Waals surface area contributed by atoms with E-state index >= 15 is 0 Å². The van der Waals surface area contributed by atoms with E-state index in [1.807, 2.05) is 0 Å². The molecule has 0 aromatic rings. The second kappa shape index (κ2) is 12.1. The summed E-state index contributed by atoms with van der Waals surface area (Å²) in [5.74, 6) is 6.82. The van der Waals surface area contributed by atoms with Crippen molar-refractivity contribution in [2.24, 2.45) is 58.2 Å². The van der Waals surface area contributed by atoms with Crippen LogP contribution < -0.4 is 0 Å². The lowest BCUT2D eigenvalue weighted by atomic mass is 9.44. The van der Waals surface area contributed by atoms with E-state index in [0.717, 1.165) is 60.2 Å². The molecule has 1 unspecified atom stereocenters. The lowest BCUT2D eigenvalue weighted by Gasteiger charge is -2.61. The van der Waals surface area contributed by atoms with Crippen LogP contribution in [-0.4, -0.2) is 24.3 Å². The maximum Gasteiger partial charge on any atom is 0.335 e. The zero-order valence-electron chi connectivity index (χ0n) is 24.9. The highest BCUT2D eigenvalue weighted by Crippen LogP contribution is 2.68. The molecule has 0 aliphatic heterocycles. The van der Waals surface area contributed by atoms with Gasteiger partial charge < -0.3 is 9.84 Å². The van der Waals surface area contributed by atoms with Gasteiger partial charge in [0.2, 0.25) is 0 Å². The standard InChI is InChI=1S/C34H58O3/c1-23(2)9-7-10-24(3)29-14-15-30-28-13-12-27-21-26(11-8-20-37-32(36)25(4)22-35)16-18-33(27,5)31(28)17-19-34(29,30)6/h23-24,26-31,35H,4,7-22H2,1-3,5-6H3/t24-,26+,27+,28+,29?,30+,31+,33+,34-/m1/s1. The van der Waals surface area contributed by atoms with Crippen LogP contribution in [0.3, 0.4) is 0 Å². The number of carbonyl (C=O) groups is 1. The minimum atomic E-state index is -0.444. The summed E-state index contributed by atoms with van der Waals surface area (Å²) in [6, 6.07) is 0. The molecule has 0 radical (unpaired) electrons. The number of rotatable bonds is 11. The van der Waals surface area contributed by atoms with Gasteiger partial charge in [-0.1, -0.05) is 60.5 Å². The molecule has 212 valence electrons. The molecule has 4 saturated carbocycles. The van der Waals surface area contributed by atoms with Crippen LogP contribution in [0.5, 0.6) is 0 Å². The lowest BCUT2D eigenvalue weighted by molar-refractivity contribution is -0.139. The average molecular weight is 515 g/mol. The molecule has 37 heavy (non-hydrogen) atoms. The Balaban J connectivity index is 1.30. The van der Waals surface area contributed by atoms with Gasteiger partial charge in [-0.2, -0.15) is 0 Å². The molecule has 0 aromatic heterocycles. The van der Waals surface area contributed by atoms with Crippen molar-refractivity contribution in [1.29, 1.82) is 0 Å². The van der Waals surface area contributed by atoms with E-state index in [1.165, 1.54) is 77.0 Å². The Kier molecular flexibility index (Phi) is 9.56. The molecular formula is C34H58O3. The van der Waals surface area contributed by atoms with E-state index in [-0.39, 0.29) is 12.2 Å². The van der Waals surface area contributed by atoms with Crippen LogP contribution in [0.4, 0.5) is 0 Å². The number of hydrogen-bond acceptors (Lipinski definition) is 3. The fourth-order valence-corrected chi connectivity index (χ4v) is 10.3. The first-order valence-electron chi connectivity index (χ1n) is 16.1. The monoisotopic (exact) mass is 514 g/mol. The van der Waals surface area contributed by atoms with E-state index < -0.39 is 5.97 Å². The molecule has 0 saturated heterocycles. The summed E-state index contributed by atoms with van der Waals surface area (Å²) in [7, 11) is 0. The van der Waals surface area contributed by atoms with Crippen molar-refractivity contribution >= 4 is 5.97 Å². The number of aliphatic hydroxyl groups excluding tert-OH is 1. The van der Waals surface area contributed by atoms with Crippen molar-refractivity contribution in [3.8, 4) is 0 Å². The predicted molar refractivity (Wildman–Crippen MR) is 153 cm³/mol. The fraction of sp³-hybridized carbons (Fsp3) is 0.912. The Morgan fingerprint density at radius 3 is 2.41 bits per heavy atom. The van der Waals surface area contributed by atoms with Gasteiger partial charge >= 0.3 is 5.97 Å². The maximum atomic E-state index is 11.7. The second-order valence-corrected chi connectivity index (χ2v) is 14.9. The van der Waals surface area contributed by atoms with Gasteiger partial charge in [-0.05, 0) is 129 Å². The highest BCUT2D eigenvalue weighted by atomic mass is 16.5. The number of ether oxygens (including phenoxy) is 1. The topological polar surface area (TPSA) is 46.5 Å². The molecular weight excluding hydrogens is 456 g/mol. The van der Waals surface area contributed by atoms with Gasteiger partial charge in [0.05, 0.1) is 18.8 Å². The molecule has 0 bridgehead atoms. The quantitative estimate of drug-likeness (QED) is 0.171. The van der Waals surface area contributed by atoms with Crippen LogP contribution in [0.15, 0.2) is 12.2 Å². The third-order valence-electron chi connectivity index (χ3n) is 12.4. The first kappa shape index (κ1) is 29.2. The molecule has 4 aliphatic carbocycles. The summed E-state index contributed by atoms with van der Waals surface area (Å²) >= 11 is 0. The summed E-state index contributed by atoms with van der Waals surface area (Å²) in [6.45, 7) is 16.4. The zero-order valence-corrected chi connectivity index (χ0v) is 24.9. The molecule has 0 spiro atoms. The van der Waals surface area contributed by atoms with Gasteiger partial charge in [0.1, 0.15) is 0 Å². The van der Waals surface area contributed by atoms with Crippen molar-refractivity contribution in [1.82, 2.24) is 0 Å². The summed E-state index contributed by atoms with van der Waals surface area (Å²) in [5, 5.41) is 9.03. The Hall–Kier alpha value is -0.830. The van der Waals surface area contributed by atoms with Crippen LogP contribution in [0.2, 0.25) is 0 Å². The maximum absolute atomic E-state index is 11.7. The second-order valence-electron chi connectivity index (χ2n) is 14.9. The van der Waals surface area contributed by atoms with Crippen molar-refractivity contribution in [3.05, 3.63) is 12.2 Å². The van der Waals surface area contributed by atoms with E-state index in [0.29, 0.717) is 17.4 Å². The molecule has 4 rings (SSSR count). The number of hydrogen-bond donors (Lipinski definition) is 1. The molecule has 0 aromatic carbocycles. The minimum Gasteiger partial charge on any atom is -0.462 e. The van der Waals surface area contributed by atoms with Crippen LogP contribution in [0, 0.1) is 58.2 Å². The van der Waals surface area contributed by atoms with Crippen LogP contribution in [0.1, 0.15) is 125 Å². The Morgan fingerprint density at radius 1 is 0.946 bits per heavy atom. The molecule has 3 heteroatoms. The molecule has 0 heterocycles. The summed E-state index contributed by atoms with van der Waals surface area (Å²) in [6.07, 6.45) is 19.4. The Labute approximate surface area is 228 Å². The largest absolute Gasteiger partial charge is 0.462 e. The summed E-state index contributed by atoms with van der Waals surface area (Å²) in [5.41, 5.74) is 1.30. The van der Waals surface area contributed by atoms with Crippen LogP contribution in [-0.2, 0) is 9.53 Å². The van der Waals surface area contributed by atoms with Crippen molar-refractivity contribution < 1.29 is 14.6 Å². The first-order valence-corrected chi connectivity index (χ1v) is 16.1. The number of esters is 1. The molecule has 9 atom stereocenters. The van der Waals surface area contributed by atoms with Gasteiger partial charge in [-0.15, -0.1) is 0 Å². The molecule has 4 aliphatic rings. The van der Waals surface area contributed by atoms with Gasteiger partial charge in [0.15, 0.2) is 0 Å². The smallest absolute Gasteiger partial charge is 0.335 e. The SMILES string of the molecule is C=C(CO)C(=O)OCCC[C@H]1CC[C@@]2(C)[C@@H](CC[C@@H]3[C@@H]2CC[C@]2(C)C([C@H](C)CCCC(C)C)CC[C@@H]32)C1. The summed E-state index contributed by atoms with van der Waals surface area (Å²) in [4.78, 5) is 11.7. The zero-order chi connectivity index (χ0) is 26.8. The third-order valence-corrected chi connectivity index (χ3v) is 12.4. The lowest BCUT2D eigenvalue weighted by Crippen LogP contribution is -2.53. The highest BCUT2D eigenvalue weighted by molar-refractivity contribution is 5.87. The third kappa shape index (κ3) is 6.02. The van der Waals surface area contributed by atoms with Gasteiger partial charge in [-0.25, -0.2) is 4.79 Å². The normalized spacial score (nSPS) is 40.0. The fourth-order valence-electron chi connectivity index (χ4n) is 10.3. The summed E-state index contributed by atoms with van der Waals surface area (Å²) < 4.78 is 5.29. The number of carbonyl (C=O) groups excluding carboxylic acids is 1. The van der Waals surface area contributed by atoms with Crippen molar-refractivity contribution in [3.63, 3.8) is 0 Å². The minimum absolute atomic E-state index is 0.156. The Bertz CT molecular complexity index is 788. The van der Waals surface area contributed by atoms with E-state index in [2.05, 4.69) is 41.2 Å². The van der Waals surface area contributed by atoms with Crippen molar-refractivity contribution in [2.45, 2.75) is 125 Å². The number of aliphatic hydroxyl groups is 1.